The highest BCUT2D eigenvalue weighted by Gasteiger charge is 2.35. The van der Waals surface area contributed by atoms with Crippen LogP contribution < -0.4 is 5.32 Å². The van der Waals surface area contributed by atoms with Gasteiger partial charge in [0.05, 0.1) is 0 Å². The second-order valence-corrected chi connectivity index (χ2v) is 8.91. The Morgan fingerprint density at radius 2 is 1.95 bits per heavy atom. The van der Waals surface area contributed by atoms with Crippen molar-refractivity contribution in [2.24, 2.45) is 15.8 Å². The molecule has 0 amide bonds. The summed E-state index contributed by atoms with van der Waals surface area (Å²) in [5, 5.41) is 4.83. The van der Waals surface area contributed by atoms with E-state index in [1.54, 1.807) is 0 Å². The first-order chi connectivity index (χ1) is 10.1. The quantitative estimate of drug-likeness (QED) is 0.679. The number of hydrogen-bond donors (Lipinski definition) is 1. The Balaban J connectivity index is 1.74. The molecule has 0 radical (unpaired) electrons. The SMILES string of the molecule is CCCCCC(C)(C)CNC1=NCC2(CCCCC2)CS1. The number of thioether (sulfide) groups is 1. The topological polar surface area (TPSA) is 24.4 Å². The highest BCUT2D eigenvalue weighted by atomic mass is 32.2. The van der Waals surface area contributed by atoms with Crippen LogP contribution in [0.4, 0.5) is 0 Å². The van der Waals surface area contributed by atoms with E-state index in [1.165, 1.54) is 68.7 Å². The van der Waals surface area contributed by atoms with E-state index in [1.807, 2.05) is 11.8 Å². The minimum absolute atomic E-state index is 0.387. The number of hydrogen-bond acceptors (Lipinski definition) is 3. The molecule has 0 atom stereocenters. The van der Waals surface area contributed by atoms with Gasteiger partial charge in [0.1, 0.15) is 0 Å². The number of rotatable bonds is 6. The molecule has 0 aromatic carbocycles. The predicted octanol–water partition coefficient (Wildman–Crippen LogP) is 5.24. The van der Waals surface area contributed by atoms with Crippen LogP contribution in [0, 0.1) is 10.8 Å². The fourth-order valence-electron chi connectivity index (χ4n) is 3.52. The van der Waals surface area contributed by atoms with E-state index in [9.17, 15) is 0 Å². The van der Waals surface area contributed by atoms with E-state index in [4.69, 9.17) is 4.99 Å². The van der Waals surface area contributed by atoms with Gasteiger partial charge in [0.25, 0.3) is 0 Å². The van der Waals surface area contributed by atoms with E-state index in [0.29, 0.717) is 10.8 Å². The summed E-state index contributed by atoms with van der Waals surface area (Å²) in [5.74, 6) is 1.29. The van der Waals surface area contributed by atoms with E-state index in [-0.39, 0.29) is 0 Å². The summed E-state index contributed by atoms with van der Waals surface area (Å²) < 4.78 is 0. The summed E-state index contributed by atoms with van der Waals surface area (Å²) in [7, 11) is 0. The Labute approximate surface area is 135 Å². The molecule has 1 N–H and O–H groups in total. The monoisotopic (exact) mass is 310 g/mol. The molecule has 2 aliphatic rings. The molecule has 0 bridgehead atoms. The maximum atomic E-state index is 4.87. The Kier molecular flexibility index (Phi) is 6.46. The van der Waals surface area contributed by atoms with Gasteiger partial charge in [0.2, 0.25) is 0 Å². The third-order valence-corrected chi connectivity index (χ3v) is 6.47. The second-order valence-electron chi connectivity index (χ2n) is 7.95. The molecule has 2 rings (SSSR count). The summed E-state index contributed by atoms with van der Waals surface area (Å²) in [6.07, 6.45) is 12.4. The van der Waals surface area contributed by atoms with Crippen LogP contribution in [0.5, 0.6) is 0 Å². The molecule has 21 heavy (non-hydrogen) atoms. The molecule has 0 aromatic heterocycles. The molecule has 0 saturated heterocycles. The molecule has 1 spiro atoms. The summed E-state index contributed by atoms with van der Waals surface area (Å²) in [6.45, 7) is 9.17. The third-order valence-electron chi connectivity index (χ3n) is 5.16. The van der Waals surface area contributed by atoms with Crippen LogP contribution >= 0.6 is 11.8 Å². The third kappa shape index (κ3) is 5.50. The van der Waals surface area contributed by atoms with Gasteiger partial charge in [0, 0.05) is 18.8 Å². The number of amidine groups is 1. The summed E-state index contributed by atoms with van der Waals surface area (Å²) in [4.78, 5) is 4.87. The maximum absolute atomic E-state index is 4.87. The summed E-state index contributed by atoms with van der Waals surface area (Å²) in [5.41, 5.74) is 0.933. The zero-order valence-corrected chi connectivity index (χ0v) is 15.2. The van der Waals surface area contributed by atoms with Gasteiger partial charge >= 0.3 is 0 Å². The van der Waals surface area contributed by atoms with Crippen molar-refractivity contribution < 1.29 is 0 Å². The maximum Gasteiger partial charge on any atom is 0.156 e. The first-order valence-electron chi connectivity index (χ1n) is 8.96. The van der Waals surface area contributed by atoms with Crippen molar-refractivity contribution in [2.45, 2.75) is 78.6 Å². The molecule has 1 aliphatic heterocycles. The van der Waals surface area contributed by atoms with Gasteiger partial charge in [-0.1, -0.05) is 71.1 Å². The highest BCUT2D eigenvalue weighted by Crippen LogP contribution is 2.41. The van der Waals surface area contributed by atoms with E-state index >= 15 is 0 Å². The lowest BCUT2D eigenvalue weighted by Gasteiger charge is -2.38. The molecule has 0 aromatic rings. The summed E-state index contributed by atoms with van der Waals surface area (Å²) in [6, 6.07) is 0. The fourth-order valence-corrected chi connectivity index (χ4v) is 4.67. The zero-order chi connectivity index (χ0) is 15.2. The van der Waals surface area contributed by atoms with Crippen molar-refractivity contribution in [1.82, 2.24) is 5.32 Å². The average Bonchev–Trinajstić information content (AvgIpc) is 2.48. The van der Waals surface area contributed by atoms with Crippen molar-refractivity contribution in [1.29, 1.82) is 0 Å². The first-order valence-corrected chi connectivity index (χ1v) is 9.95. The van der Waals surface area contributed by atoms with Crippen molar-refractivity contribution in [2.75, 3.05) is 18.8 Å². The zero-order valence-electron chi connectivity index (χ0n) is 14.3. The van der Waals surface area contributed by atoms with Gasteiger partial charge < -0.3 is 5.32 Å². The molecule has 122 valence electrons. The smallest absolute Gasteiger partial charge is 0.156 e. The lowest BCUT2D eigenvalue weighted by molar-refractivity contribution is 0.232. The molecule has 1 heterocycles. The van der Waals surface area contributed by atoms with Crippen LogP contribution in [0.15, 0.2) is 4.99 Å². The number of nitrogens with zero attached hydrogens (tertiary/aromatic N) is 1. The molecule has 0 unspecified atom stereocenters. The van der Waals surface area contributed by atoms with Crippen molar-refractivity contribution in [3.05, 3.63) is 0 Å². The lowest BCUT2D eigenvalue weighted by Crippen LogP contribution is -2.39. The normalized spacial score (nSPS) is 22.1. The van der Waals surface area contributed by atoms with Crippen LogP contribution in [0.1, 0.15) is 78.6 Å². The molecule has 1 aliphatic carbocycles. The molecular weight excluding hydrogens is 276 g/mol. The predicted molar refractivity (Wildman–Crippen MR) is 96.2 cm³/mol. The van der Waals surface area contributed by atoms with Crippen molar-refractivity contribution in [3.8, 4) is 0 Å². The minimum atomic E-state index is 0.387. The highest BCUT2D eigenvalue weighted by molar-refractivity contribution is 8.13. The van der Waals surface area contributed by atoms with Crippen molar-refractivity contribution in [3.63, 3.8) is 0 Å². The number of aliphatic imine (C=N–C) groups is 1. The van der Waals surface area contributed by atoms with Crippen LogP contribution in [0.25, 0.3) is 0 Å². The number of unbranched alkanes of at least 4 members (excludes halogenated alkanes) is 2. The van der Waals surface area contributed by atoms with Gasteiger partial charge in [-0.15, -0.1) is 0 Å². The van der Waals surface area contributed by atoms with Gasteiger partial charge in [0.15, 0.2) is 5.17 Å². The Bertz CT molecular complexity index is 343. The molecule has 1 fully saturated rings. The minimum Gasteiger partial charge on any atom is -0.364 e. The largest absolute Gasteiger partial charge is 0.364 e. The lowest BCUT2D eigenvalue weighted by atomic mass is 9.75. The Hall–Kier alpha value is -0.180. The molecule has 3 heteroatoms. The van der Waals surface area contributed by atoms with E-state index < -0.39 is 0 Å². The van der Waals surface area contributed by atoms with Gasteiger partial charge in [-0.05, 0) is 30.1 Å². The van der Waals surface area contributed by atoms with Crippen LogP contribution in [-0.4, -0.2) is 24.0 Å². The van der Waals surface area contributed by atoms with Gasteiger partial charge in [-0.3, -0.25) is 4.99 Å². The Morgan fingerprint density at radius 1 is 1.19 bits per heavy atom. The van der Waals surface area contributed by atoms with Crippen LogP contribution in [0.3, 0.4) is 0 Å². The average molecular weight is 311 g/mol. The fraction of sp³-hybridized carbons (Fsp3) is 0.944. The van der Waals surface area contributed by atoms with E-state index in [2.05, 4.69) is 26.1 Å². The second kappa shape index (κ2) is 7.89. The van der Waals surface area contributed by atoms with Gasteiger partial charge in [-0.2, -0.15) is 0 Å². The molecule has 1 saturated carbocycles. The van der Waals surface area contributed by atoms with Crippen LogP contribution in [0.2, 0.25) is 0 Å². The molecule has 2 nitrogen and oxygen atoms in total. The van der Waals surface area contributed by atoms with Crippen molar-refractivity contribution >= 4 is 16.9 Å². The van der Waals surface area contributed by atoms with Gasteiger partial charge in [-0.25, -0.2) is 0 Å². The first kappa shape index (κ1) is 17.2. The van der Waals surface area contributed by atoms with Crippen LogP contribution in [-0.2, 0) is 0 Å². The standard InChI is InChI=1S/C18H34N2S/c1-4-5-7-10-17(2,3)13-19-16-20-14-18(15-21-16)11-8-6-9-12-18/h4-15H2,1-3H3,(H,19,20). The Morgan fingerprint density at radius 3 is 2.57 bits per heavy atom. The molecular formula is C18H34N2S. The van der Waals surface area contributed by atoms with E-state index in [0.717, 1.165) is 13.1 Å². The summed E-state index contributed by atoms with van der Waals surface area (Å²) >= 11 is 1.98. The number of nitrogens with one attached hydrogen (secondary N) is 1.